The summed E-state index contributed by atoms with van der Waals surface area (Å²) < 4.78 is 35.4. The van der Waals surface area contributed by atoms with Crippen LogP contribution in [-0.2, 0) is 33.2 Å². The fraction of sp³-hybridized carbons (Fsp3) is 0.800. The molecule has 0 amide bonds. The average molecular weight is 411 g/mol. The maximum Gasteiger partial charge on any atom is 0.343 e. The highest BCUT2D eigenvalue weighted by Gasteiger charge is 2.62. The first-order valence-corrected chi connectivity index (χ1v) is 10.0. The van der Waals surface area contributed by atoms with Crippen molar-refractivity contribution in [3.8, 4) is 0 Å². The van der Waals surface area contributed by atoms with Crippen molar-refractivity contribution in [2.24, 2.45) is 4.99 Å². The summed E-state index contributed by atoms with van der Waals surface area (Å²) in [6.45, 7) is 10.9. The minimum absolute atomic E-state index is 0.0645. The van der Waals surface area contributed by atoms with E-state index in [0.29, 0.717) is 5.71 Å². The lowest BCUT2D eigenvalue weighted by atomic mass is 9.89. The summed E-state index contributed by atoms with van der Waals surface area (Å²) in [4.78, 5) is 16.8. The van der Waals surface area contributed by atoms with E-state index in [2.05, 4.69) is 4.99 Å². The number of aliphatic hydroxyl groups is 1. The number of aliphatic imine (C=N–C) groups is 1. The molecular formula is C20H29NO8. The molecule has 0 radical (unpaired) electrons. The zero-order valence-corrected chi connectivity index (χ0v) is 17.6. The number of hydrogen-bond donors (Lipinski definition) is 1. The number of nitrogens with zero attached hydrogens (tertiary/aromatic N) is 1. The molecule has 3 saturated heterocycles. The summed E-state index contributed by atoms with van der Waals surface area (Å²) in [7, 11) is 0. The molecule has 0 bridgehead atoms. The van der Waals surface area contributed by atoms with Crippen LogP contribution in [0.5, 0.6) is 0 Å². The molecule has 4 rings (SSSR count). The Labute approximate surface area is 169 Å². The second kappa shape index (κ2) is 7.02. The quantitative estimate of drug-likeness (QED) is 0.703. The molecule has 0 aliphatic carbocycles. The lowest BCUT2D eigenvalue weighted by molar-refractivity contribution is -0.238. The third kappa shape index (κ3) is 3.70. The Morgan fingerprint density at radius 1 is 1.07 bits per heavy atom. The second-order valence-corrected chi connectivity index (χ2v) is 8.66. The van der Waals surface area contributed by atoms with E-state index in [4.69, 9.17) is 28.4 Å². The molecule has 4 aliphatic heterocycles. The van der Waals surface area contributed by atoms with Gasteiger partial charge in [-0.05, 0) is 41.5 Å². The number of aliphatic hydroxyl groups excluding tert-OH is 1. The van der Waals surface area contributed by atoms with E-state index in [1.807, 2.05) is 27.7 Å². The van der Waals surface area contributed by atoms with Gasteiger partial charge in [0, 0.05) is 6.42 Å². The number of carbonyl (C=O) groups is 1. The van der Waals surface area contributed by atoms with Gasteiger partial charge in [-0.15, -0.1) is 0 Å². The third-order valence-corrected chi connectivity index (χ3v) is 5.46. The van der Waals surface area contributed by atoms with Gasteiger partial charge < -0.3 is 33.5 Å². The van der Waals surface area contributed by atoms with Crippen LogP contribution in [0.25, 0.3) is 0 Å². The van der Waals surface area contributed by atoms with Crippen molar-refractivity contribution in [2.75, 3.05) is 6.61 Å². The van der Waals surface area contributed by atoms with Gasteiger partial charge in [-0.2, -0.15) is 0 Å². The number of rotatable bonds is 3. The van der Waals surface area contributed by atoms with Gasteiger partial charge in [0.1, 0.15) is 35.7 Å². The predicted molar refractivity (Wildman–Crippen MR) is 100 cm³/mol. The van der Waals surface area contributed by atoms with Crippen LogP contribution in [-0.4, -0.2) is 71.7 Å². The molecule has 9 heteroatoms. The summed E-state index contributed by atoms with van der Waals surface area (Å²) in [5.74, 6) is -2.27. The van der Waals surface area contributed by atoms with Gasteiger partial charge in [-0.1, -0.05) is 0 Å². The van der Waals surface area contributed by atoms with Crippen LogP contribution in [0, 0.1) is 0 Å². The van der Waals surface area contributed by atoms with Crippen molar-refractivity contribution in [1.82, 2.24) is 0 Å². The van der Waals surface area contributed by atoms with Crippen LogP contribution in [0.3, 0.4) is 0 Å². The van der Waals surface area contributed by atoms with E-state index in [-0.39, 0.29) is 24.4 Å². The summed E-state index contributed by atoms with van der Waals surface area (Å²) in [6, 6.07) is -0.466. The van der Waals surface area contributed by atoms with Crippen LogP contribution in [0.2, 0.25) is 0 Å². The van der Waals surface area contributed by atoms with Crippen molar-refractivity contribution in [2.45, 2.75) is 96.3 Å². The largest absolute Gasteiger partial charge is 0.511 e. The lowest BCUT2D eigenvalue weighted by Gasteiger charge is -2.40. The lowest BCUT2D eigenvalue weighted by Crippen LogP contribution is -2.58. The van der Waals surface area contributed by atoms with Gasteiger partial charge in [0.2, 0.25) is 0 Å². The highest BCUT2D eigenvalue weighted by Crippen LogP contribution is 2.46. The Hall–Kier alpha value is -1.52. The van der Waals surface area contributed by atoms with Crippen molar-refractivity contribution < 1.29 is 38.3 Å². The smallest absolute Gasteiger partial charge is 0.343 e. The molecule has 0 spiro atoms. The SMILES string of the molecule is CCOC(=O)C1=C(O)CC(C2O[C@@H]3OC(C)(C)O[C@@H]3[C@H]3OC(C)(C)O[C@@H]23)N=C1C. The van der Waals surface area contributed by atoms with Crippen LogP contribution in [0.4, 0.5) is 0 Å². The second-order valence-electron chi connectivity index (χ2n) is 8.66. The molecule has 0 aromatic heterocycles. The first-order chi connectivity index (χ1) is 13.5. The van der Waals surface area contributed by atoms with E-state index >= 15 is 0 Å². The standard InChI is InChI=1S/C20H29NO8/c1-7-24-17(23)12-9(2)21-10(8-11(12)22)13-14-15(27-19(3,4)26-14)16-18(25-13)29-20(5,6)28-16/h10,13-16,18,22H,7-8H2,1-6H3/t10?,13?,14-,15-,16+,18+/m0/s1. The number of esters is 1. The Bertz CT molecular complexity index is 758. The fourth-order valence-electron chi connectivity index (χ4n) is 4.48. The number of carbonyl (C=O) groups excluding carboxylic acids is 1. The number of dihydropyridines is 1. The molecule has 4 aliphatic rings. The Morgan fingerprint density at radius 3 is 2.28 bits per heavy atom. The van der Waals surface area contributed by atoms with Gasteiger partial charge in [0.05, 0.1) is 18.4 Å². The fourth-order valence-corrected chi connectivity index (χ4v) is 4.48. The van der Waals surface area contributed by atoms with Crippen LogP contribution in [0.1, 0.15) is 48.0 Å². The van der Waals surface area contributed by atoms with Gasteiger partial charge >= 0.3 is 5.97 Å². The highest BCUT2D eigenvalue weighted by atomic mass is 16.9. The predicted octanol–water partition coefficient (Wildman–Crippen LogP) is 1.99. The Kier molecular flexibility index (Phi) is 5.02. The van der Waals surface area contributed by atoms with Crippen molar-refractivity contribution in [3.63, 3.8) is 0 Å². The molecule has 0 saturated carbocycles. The van der Waals surface area contributed by atoms with Gasteiger partial charge in [0.15, 0.2) is 17.9 Å². The third-order valence-electron chi connectivity index (χ3n) is 5.46. The number of ether oxygens (including phenoxy) is 6. The number of fused-ring (bicyclic) bond motifs is 3. The van der Waals surface area contributed by atoms with E-state index in [1.54, 1.807) is 13.8 Å². The van der Waals surface area contributed by atoms with Crippen molar-refractivity contribution >= 4 is 11.7 Å². The molecule has 6 atom stereocenters. The molecule has 162 valence electrons. The zero-order valence-electron chi connectivity index (χ0n) is 17.6. The topological polar surface area (TPSA) is 105 Å². The first-order valence-electron chi connectivity index (χ1n) is 10.0. The Balaban J connectivity index is 1.61. The Morgan fingerprint density at radius 2 is 1.66 bits per heavy atom. The van der Waals surface area contributed by atoms with E-state index < -0.39 is 54.3 Å². The average Bonchev–Trinajstić information content (AvgIpc) is 3.07. The summed E-state index contributed by atoms with van der Waals surface area (Å²) in [5.41, 5.74) is 0.514. The minimum Gasteiger partial charge on any atom is -0.511 e. The van der Waals surface area contributed by atoms with Gasteiger partial charge in [0.25, 0.3) is 0 Å². The van der Waals surface area contributed by atoms with Crippen molar-refractivity contribution in [3.05, 3.63) is 11.3 Å². The van der Waals surface area contributed by atoms with Crippen molar-refractivity contribution in [1.29, 1.82) is 0 Å². The first kappa shape index (κ1) is 20.7. The van der Waals surface area contributed by atoms with E-state index in [9.17, 15) is 9.90 Å². The highest BCUT2D eigenvalue weighted by molar-refractivity contribution is 6.19. The molecule has 0 aromatic rings. The minimum atomic E-state index is -0.816. The summed E-state index contributed by atoms with van der Waals surface area (Å²) in [5, 5.41) is 10.6. The molecule has 0 aromatic carbocycles. The maximum absolute atomic E-state index is 12.2. The van der Waals surface area contributed by atoms with Crippen LogP contribution < -0.4 is 0 Å². The van der Waals surface area contributed by atoms with Gasteiger partial charge in [-0.25, -0.2) is 4.79 Å². The monoisotopic (exact) mass is 411 g/mol. The number of hydrogen-bond acceptors (Lipinski definition) is 9. The molecular weight excluding hydrogens is 382 g/mol. The normalized spacial score (nSPS) is 40.3. The molecule has 29 heavy (non-hydrogen) atoms. The van der Waals surface area contributed by atoms with Crippen LogP contribution >= 0.6 is 0 Å². The molecule has 3 fully saturated rings. The summed E-state index contributed by atoms with van der Waals surface area (Å²) >= 11 is 0. The molecule has 2 unspecified atom stereocenters. The summed E-state index contributed by atoms with van der Waals surface area (Å²) in [6.07, 6.45) is -2.33. The van der Waals surface area contributed by atoms with E-state index in [1.165, 1.54) is 0 Å². The zero-order chi connectivity index (χ0) is 21.1. The molecule has 4 heterocycles. The van der Waals surface area contributed by atoms with Crippen LogP contribution in [0.15, 0.2) is 16.3 Å². The molecule has 9 nitrogen and oxygen atoms in total. The van der Waals surface area contributed by atoms with Gasteiger partial charge in [-0.3, -0.25) is 4.99 Å². The van der Waals surface area contributed by atoms with E-state index in [0.717, 1.165) is 0 Å². The maximum atomic E-state index is 12.2. The molecule has 1 N–H and O–H groups in total.